The topological polar surface area (TPSA) is 99.6 Å². The summed E-state index contributed by atoms with van der Waals surface area (Å²) in [6.07, 6.45) is 2.98. The van der Waals surface area contributed by atoms with E-state index in [2.05, 4.69) is 36.7 Å². The minimum atomic E-state index is 0. The first kappa shape index (κ1) is 14.4. The van der Waals surface area contributed by atoms with Crippen LogP contribution >= 0.6 is 28.3 Å². The van der Waals surface area contributed by atoms with Gasteiger partial charge in [0.15, 0.2) is 11.5 Å². The van der Waals surface area contributed by atoms with Crippen molar-refractivity contribution in [2.75, 3.05) is 18.1 Å². The number of nitrogens with zero attached hydrogens (tertiary/aromatic N) is 4. The highest BCUT2D eigenvalue weighted by Gasteiger charge is 2.15. The standard InChI is InChI=1S/C10H9BrN6O2.ClH/c11-7-2-9-8(18-5-19-9)1-6(7)3-13-15-10-16-14-4-17(10)12;/h1-4H,5,12H2,(H,15,16);1H/b13-3+;. The van der Waals surface area contributed by atoms with Gasteiger partial charge in [0, 0.05) is 10.0 Å². The molecule has 20 heavy (non-hydrogen) atoms. The van der Waals surface area contributed by atoms with Crippen LogP contribution in [0.5, 0.6) is 11.5 Å². The number of benzene rings is 1. The van der Waals surface area contributed by atoms with Crippen LogP contribution in [-0.2, 0) is 0 Å². The van der Waals surface area contributed by atoms with Crippen molar-refractivity contribution in [2.24, 2.45) is 5.10 Å². The second kappa shape index (κ2) is 5.97. The van der Waals surface area contributed by atoms with E-state index < -0.39 is 0 Å². The molecule has 0 aliphatic carbocycles. The molecule has 0 spiro atoms. The van der Waals surface area contributed by atoms with Crippen molar-refractivity contribution >= 4 is 40.5 Å². The largest absolute Gasteiger partial charge is 0.454 e. The maximum Gasteiger partial charge on any atom is 0.263 e. The number of ether oxygens (including phenoxy) is 2. The summed E-state index contributed by atoms with van der Waals surface area (Å²) in [6.45, 7) is 0.233. The van der Waals surface area contributed by atoms with E-state index in [9.17, 15) is 0 Å². The van der Waals surface area contributed by atoms with Crippen LogP contribution in [-0.4, -0.2) is 27.9 Å². The van der Waals surface area contributed by atoms with Crippen molar-refractivity contribution in [3.63, 3.8) is 0 Å². The third kappa shape index (κ3) is 2.78. The molecule has 3 N–H and O–H groups in total. The molecular weight excluding hydrogens is 352 g/mol. The van der Waals surface area contributed by atoms with Crippen LogP contribution in [0.3, 0.4) is 0 Å². The van der Waals surface area contributed by atoms with Crippen LogP contribution in [0.2, 0.25) is 0 Å². The van der Waals surface area contributed by atoms with Gasteiger partial charge >= 0.3 is 0 Å². The fraction of sp³-hybridized carbons (Fsp3) is 0.100. The molecule has 0 atom stereocenters. The van der Waals surface area contributed by atoms with E-state index in [-0.39, 0.29) is 19.2 Å². The van der Waals surface area contributed by atoms with E-state index in [1.54, 1.807) is 6.21 Å². The quantitative estimate of drug-likeness (QED) is 0.486. The zero-order valence-corrected chi connectivity index (χ0v) is 12.4. The van der Waals surface area contributed by atoms with E-state index in [4.69, 9.17) is 15.3 Å². The average molecular weight is 362 g/mol. The number of anilines is 1. The lowest BCUT2D eigenvalue weighted by molar-refractivity contribution is 0.174. The second-order valence-electron chi connectivity index (χ2n) is 3.66. The van der Waals surface area contributed by atoms with Gasteiger partial charge in [0.2, 0.25) is 6.79 Å². The molecule has 0 unspecified atom stereocenters. The van der Waals surface area contributed by atoms with Crippen LogP contribution in [0.1, 0.15) is 5.56 Å². The summed E-state index contributed by atoms with van der Waals surface area (Å²) in [4.78, 5) is 0. The Balaban J connectivity index is 0.00000147. The third-order valence-corrected chi connectivity index (χ3v) is 3.12. The maximum absolute atomic E-state index is 5.53. The number of fused-ring (bicyclic) bond motifs is 1. The van der Waals surface area contributed by atoms with Gasteiger partial charge in [0.25, 0.3) is 5.95 Å². The molecule has 1 aromatic carbocycles. The van der Waals surface area contributed by atoms with Crippen molar-refractivity contribution in [3.8, 4) is 11.5 Å². The normalized spacial score (nSPS) is 12.4. The van der Waals surface area contributed by atoms with Crippen molar-refractivity contribution < 1.29 is 9.47 Å². The van der Waals surface area contributed by atoms with E-state index in [1.807, 2.05) is 12.1 Å². The first-order valence-corrected chi connectivity index (χ1v) is 6.06. The number of hydrogen-bond acceptors (Lipinski definition) is 7. The van der Waals surface area contributed by atoms with Gasteiger partial charge in [-0.1, -0.05) is 0 Å². The van der Waals surface area contributed by atoms with Gasteiger partial charge in [-0.15, -0.1) is 22.6 Å². The molecule has 0 bridgehead atoms. The number of halogens is 2. The predicted molar refractivity (Wildman–Crippen MR) is 78.9 cm³/mol. The summed E-state index contributed by atoms with van der Waals surface area (Å²) in [5.41, 5.74) is 3.51. The van der Waals surface area contributed by atoms with Crippen molar-refractivity contribution in [1.29, 1.82) is 0 Å². The van der Waals surface area contributed by atoms with Crippen LogP contribution in [0.4, 0.5) is 5.95 Å². The molecule has 0 saturated heterocycles. The lowest BCUT2D eigenvalue weighted by Crippen LogP contribution is -2.10. The van der Waals surface area contributed by atoms with E-state index in [1.165, 1.54) is 11.0 Å². The molecule has 106 valence electrons. The Kier molecular flexibility index (Phi) is 4.30. The molecule has 3 rings (SSSR count). The molecule has 1 aromatic heterocycles. The number of hydrazone groups is 1. The van der Waals surface area contributed by atoms with E-state index in [0.717, 1.165) is 10.0 Å². The summed E-state index contributed by atoms with van der Waals surface area (Å²) in [5, 5.41) is 11.4. The first-order valence-electron chi connectivity index (χ1n) is 5.27. The number of aromatic nitrogens is 3. The minimum absolute atomic E-state index is 0. The summed E-state index contributed by atoms with van der Waals surface area (Å²) >= 11 is 3.43. The number of rotatable bonds is 3. The zero-order valence-electron chi connectivity index (χ0n) is 9.99. The fourth-order valence-corrected chi connectivity index (χ4v) is 1.94. The van der Waals surface area contributed by atoms with Gasteiger partial charge in [-0.25, -0.2) is 10.1 Å². The second-order valence-corrected chi connectivity index (χ2v) is 4.51. The van der Waals surface area contributed by atoms with Gasteiger partial charge in [-0.2, -0.15) is 5.10 Å². The predicted octanol–water partition coefficient (Wildman–Crippen LogP) is 1.35. The molecule has 0 fully saturated rings. The monoisotopic (exact) mass is 360 g/mol. The van der Waals surface area contributed by atoms with Crippen molar-refractivity contribution in [1.82, 2.24) is 14.9 Å². The molecule has 1 aliphatic rings. The Labute approximate surface area is 128 Å². The summed E-state index contributed by atoms with van der Waals surface area (Å²) in [7, 11) is 0. The van der Waals surface area contributed by atoms with Gasteiger partial charge in [0.05, 0.1) is 6.21 Å². The van der Waals surface area contributed by atoms with E-state index in [0.29, 0.717) is 17.4 Å². The average Bonchev–Trinajstić information content (AvgIpc) is 2.99. The molecule has 0 saturated carbocycles. The Hall–Kier alpha value is -2.00. The van der Waals surface area contributed by atoms with E-state index >= 15 is 0 Å². The lowest BCUT2D eigenvalue weighted by atomic mass is 10.2. The maximum atomic E-state index is 5.53. The Morgan fingerprint density at radius 2 is 2.15 bits per heavy atom. The highest BCUT2D eigenvalue weighted by Crippen LogP contribution is 2.36. The van der Waals surface area contributed by atoms with Crippen LogP contribution in [0.25, 0.3) is 0 Å². The summed E-state index contributed by atoms with van der Waals surface area (Å²) in [5.74, 6) is 7.27. The molecule has 0 radical (unpaired) electrons. The van der Waals surface area contributed by atoms with Gasteiger partial charge in [-0.3, -0.25) is 0 Å². The SMILES string of the molecule is Cl.Nn1cnnc1N/N=C/c1cc2c(cc1Br)OCO2. The smallest absolute Gasteiger partial charge is 0.263 e. The van der Waals surface area contributed by atoms with Crippen LogP contribution < -0.4 is 20.7 Å². The molecule has 0 amide bonds. The zero-order chi connectivity index (χ0) is 13.2. The molecule has 2 aromatic rings. The van der Waals surface area contributed by atoms with Crippen molar-refractivity contribution in [3.05, 3.63) is 28.5 Å². The Morgan fingerprint density at radius 1 is 1.40 bits per heavy atom. The fourth-order valence-electron chi connectivity index (χ4n) is 1.51. The number of hydrogen-bond donors (Lipinski definition) is 2. The lowest BCUT2D eigenvalue weighted by Gasteiger charge is -2.02. The third-order valence-electron chi connectivity index (χ3n) is 2.43. The number of nitrogens with two attached hydrogens (primary N) is 1. The first-order chi connectivity index (χ1) is 9.24. The molecule has 8 nitrogen and oxygen atoms in total. The molecular formula is C10H10BrClN6O2. The minimum Gasteiger partial charge on any atom is -0.454 e. The highest BCUT2D eigenvalue weighted by molar-refractivity contribution is 9.10. The van der Waals surface area contributed by atoms with Crippen LogP contribution in [0, 0.1) is 0 Å². The van der Waals surface area contributed by atoms with Crippen molar-refractivity contribution in [2.45, 2.75) is 0 Å². The van der Waals surface area contributed by atoms with Gasteiger partial charge in [0.1, 0.15) is 6.33 Å². The summed E-state index contributed by atoms with van der Waals surface area (Å²) < 4.78 is 12.6. The van der Waals surface area contributed by atoms with Crippen LogP contribution in [0.15, 0.2) is 28.0 Å². The Bertz CT molecular complexity index is 647. The highest BCUT2D eigenvalue weighted by atomic mass is 79.9. The number of nitrogen functional groups attached to an aromatic ring is 1. The Morgan fingerprint density at radius 3 is 2.85 bits per heavy atom. The molecule has 10 heteroatoms. The molecule has 1 aliphatic heterocycles. The molecule has 2 heterocycles. The number of nitrogens with one attached hydrogen (secondary N) is 1. The van der Waals surface area contributed by atoms with Gasteiger partial charge < -0.3 is 15.3 Å². The van der Waals surface area contributed by atoms with Gasteiger partial charge in [-0.05, 0) is 28.1 Å². The summed E-state index contributed by atoms with van der Waals surface area (Å²) in [6, 6.07) is 3.65.